The van der Waals surface area contributed by atoms with E-state index in [2.05, 4.69) is 4.18 Å². The Morgan fingerprint density at radius 2 is 1.73 bits per heavy atom. The highest BCUT2D eigenvalue weighted by atomic mass is 35.5. The van der Waals surface area contributed by atoms with Crippen LogP contribution in [0, 0.1) is 17.3 Å². The second-order valence-corrected chi connectivity index (χ2v) is 9.57. The Balaban J connectivity index is 1.93. The first kappa shape index (κ1) is 20.0. The predicted molar refractivity (Wildman–Crippen MR) is 89.6 cm³/mol. The number of hydrogen-bond donors (Lipinski definition) is 0. The average Bonchev–Trinajstić information content (AvgIpc) is 3.12. The van der Waals surface area contributed by atoms with E-state index in [0.717, 1.165) is 25.7 Å². The third kappa shape index (κ3) is 3.07. The second-order valence-electron chi connectivity index (χ2n) is 7.28. The summed E-state index contributed by atoms with van der Waals surface area (Å²) in [5.41, 5.74) is -5.95. The van der Waals surface area contributed by atoms with Crippen LogP contribution in [0.1, 0.15) is 45.4 Å². The maximum Gasteiger partial charge on any atom is 0.534 e. The highest BCUT2D eigenvalue weighted by Gasteiger charge is 2.55. The second kappa shape index (κ2) is 6.41. The van der Waals surface area contributed by atoms with Gasteiger partial charge in [0.1, 0.15) is 5.76 Å². The van der Waals surface area contributed by atoms with E-state index in [1.807, 2.05) is 6.92 Å². The van der Waals surface area contributed by atoms with Gasteiger partial charge in [0.25, 0.3) is 0 Å². The number of hydrogen-bond acceptors (Lipinski definition) is 4. The van der Waals surface area contributed by atoms with Gasteiger partial charge in [0.15, 0.2) is 5.78 Å². The summed E-state index contributed by atoms with van der Waals surface area (Å²) in [5.74, 6) is -1.03. The van der Waals surface area contributed by atoms with Crippen molar-refractivity contribution in [2.24, 2.45) is 17.3 Å². The quantitative estimate of drug-likeness (QED) is 0.465. The summed E-state index contributed by atoms with van der Waals surface area (Å²) >= 11 is 12.1. The van der Waals surface area contributed by atoms with Crippen molar-refractivity contribution >= 4 is 39.1 Å². The van der Waals surface area contributed by atoms with E-state index < -0.39 is 37.8 Å². The van der Waals surface area contributed by atoms with Crippen LogP contribution in [0.5, 0.6) is 0 Å². The molecule has 0 aromatic heterocycles. The Bertz CT molecular complexity index is 810. The van der Waals surface area contributed by atoms with E-state index in [9.17, 15) is 26.4 Å². The highest BCUT2D eigenvalue weighted by Crippen LogP contribution is 2.57. The topological polar surface area (TPSA) is 60.4 Å². The van der Waals surface area contributed by atoms with Crippen molar-refractivity contribution in [1.82, 2.24) is 0 Å². The largest absolute Gasteiger partial charge is 0.534 e. The van der Waals surface area contributed by atoms with Gasteiger partial charge in [-0.2, -0.15) is 21.6 Å². The first-order chi connectivity index (χ1) is 11.9. The summed E-state index contributed by atoms with van der Waals surface area (Å²) in [4.78, 5) is 13.0. The normalized spacial score (nSPS) is 31.0. The Morgan fingerprint density at radius 1 is 1.15 bits per heavy atom. The minimum Gasteiger partial charge on any atom is -0.379 e. The lowest BCUT2D eigenvalue weighted by Gasteiger charge is -2.29. The van der Waals surface area contributed by atoms with Gasteiger partial charge in [-0.25, -0.2) is 0 Å². The molecule has 0 spiro atoms. The van der Waals surface area contributed by atoms with Crippen molar-refractivity contribution in [1.29, 1.82) is 0 Å². The Morgan fingerprint density at radius 3 is 2.27 bits per heavy atom. The van der Waals surface area contributed by atoms with Crippen molar-refractivity contribution in [2.45, 2.75) is 51.0 Å². The molecule has 0 bridgehead atoms. The third-order valence-electron chi connectivity index (χ3n) is 5.70. The van der Waals surface area contributed by atoms with Crippen LogP contribution in [0.3, 0.4) is 0 Å². The molecule has 0 N–H and O–H groups in total. The van der Waals surface area contributed by atoms with E-state index >= 15 is 0 Å². The number of alkyl halides is 3. The molecule has 2 atom stereocenters. The average molecular weight is 433 g/mol. The van der Waals surface area contributed by atoms with E-state index in [-0.39, 0.29) is 28.7 Å². The van der Waals surface area contributed by atoms with Crippen LogP contribution in [0.4, 0.5) is 13.2 Å². The number of allylic oxidation sites excluding steroid dienone is 4. The minimum absolute atomic E-state index is 0.143. The molecule has 0 heterocycles. The lowest BCUT2D eigenvalue weighted by Crippen LogP contribution is -2.30. The molecule has 2 fully saturated rings. The van der Waals surface area contributed by atoms with E-state index in [0.29, 0.717) is 6.42 Å². The fourth-order valence-corrected chi connectivity index (χ4v) is 5.49. The van der Waals surface area contributed by atoms with Gasteiger partial charge in [0.2, 0.25) is 0 Å². The predicted octanol–water partition coefficient (Wildman–Crippen LogP) is 4.99. The molecule has 0 aromatic carbocycles. The molecule has 146 valence electrons. The van der Waals surface area contributed by atoms with Crippen molar-refractivity contribution in [3.05, 3.63) is 21.4 Å². The van der Waals surface area contributed by atoms with Crippen LogP contribution >= 0.6 is 23.2 Å². The zero-order chi connectivity index (χ0) is 19.5. The molecule has 26 heavy (non-hydrogen) atoms. The fraction of sp³-hybridized carbons (Fsp3) is 0.688. The fourth-order valence-electron chi connectivity index (χ4n) is 4.37. The molecular weight excluding hydrogens is 416 g/mol. The Kier molecular flexibility index (Phi) is 4.94. The number of rotatable bonds is 3. The first-order valence-corrected chi connectivity index (χ1v) is 10.4. The van der Waals surface area contributed by atoms with Gasteiger partial charge >= 0.3 is 15.6 Å². The van der Waals surface area contributed by atoms with Gasteiger partial charge in [-0.15, -0.1) is 0 Å². The minimum atomic E-state index is -5.85. The molecule has 3 rings (SSSR count). The monoisotopic (exact) mass is 432 g/mol. The van der Waals surface area contributed by atoms with Gasteiger partial charge < -0.3 is 4.18 Å². The Hall–Kier alpha value is -0.730. The van der Waals surface area contributed by atoms with Gasteiger partial charge in [0, 0.05) is 17.4 Å². The summed E-state index contributed by atoms with van der Waals surface area (Å²) in [6.45, 7) is 1.85. The van der Waals surface area contributed by atoms with Gasteiger partial charge in [-0.3, -0.25) is 4.79 Å². The number of carbonyl (C=O) groups excluding carboxylic acids is 1. The molecule has 0 saturated heterocycles. The van der Waals surface area contributed by atoms with Crippen molar-refractivity contribution in [2.75, 3.05) is 0 Å². The van der Waals surface area contributed by atoms with Gasteiger partial charge in [-0.05, 0) is 31.1 Å². The standard InChI is InChI=1S/C16H17Cl2F3O4S/c1-15(9-4-2-3-5-9)7-8-6-10(25-26(23,24)16(19,20)21)12(17)13(18)11(8)14(15)22/h8-9H,2-7H2,1H3. The van der Waals surface area contributed by atoms with Gasteiger partial charge in [0.05, 0.1) is 10.1 Å². The van der Waals surface area contributed by atoms with Crippen LogP contribution in [0.15, 0.2) is 21.4 Å². The Labute approximate surface area is 159 Å². The van der Waals surface area contributed by atoms with E-state index in [4.69, 9.17) is 23.2 Å². The molecule has 0 amide bonds. The molecule has 3 aliphatic carbocycles. The number of carbonyl (C=O) groups is 1. The summed E-state index contributed by atoms with van der Waals surface area (Å²) < 4.78 is 64.6. The molecule has 0 aliphatic heterocycles. The summed E-state index contributed by atoms with van der Waals surface area (Å²) in [6, 6.07) is 0. The lowest BCUT2D eigenvalue weighted by molar-refractivity contribution is -0.124. The van der Waals surface area contributed by atoms with E-state index in [1.165, 1.54) is 0 Å². The zero-order valence-corrected chi connectivity index (χ0v) is 16.2. The first-order valence-electron chi connectivity index (χ1n) is 8.22. The molecule has 2 saturated carbocycles. The molecule has 3 aliphatic rings. The number of fused-ring (bicyclic) bond motifs is 1. The lowest BCUT2D eigenvalue weighted by atomic mass is 9.73. The van der Waals surface area contributed by atoms with Crippen LogP contribution in [0.25, 0.3) is 0 Å². The van der Waals surface area contributed by atoms with Crippen molar-refractivity contribution < 1.29 is 30.6 Å². The van der Waals surface area contributed by atoms with Crippen molar-refractivity contribution in [3.63, 3.8) is 0 Å². The SMILES string of the molecule is CC1(C2CCCC2)CC2CC(OS(=O)(=O)C(F)(F)F)=C(Cl)C(Cl)=C2C1=O. The van der Waals surface area contributed by atoms with Gasteiger partial charge in [-0.1, -0.05) is 43.0 Å². The van der Waals surface area contributed by atoms with Crippen molar-refractivity contribution in [3.8, 4) is 0 Å². The summed E-state index contributed by atoms with van der Waals surface area (Å²) in [7, 11) is -5.85. The molecule has 2 unspecified atom stereocenters. The molecule has 4 nitrogen and oxygen atoms in total. The van der Waals surface area contributed by atoms with Crippen LogP contribution in [-0.2, 0) is 19.1 Å². The maximum atomic E-state index is 13.0. The molecular formula is C16H17Cl2F3O4S. The molecule has 0 aromatic rings. The summed E-state index contributed by atoms with van der Waals surface area (Å²) in [5, 5.41) is -0.656. The summed E-state index contributed by atoms with van der Waals surface area (Å²) in [6.07, 6.45) is 4.07. The number of halogens is 5. The highest BCUT2D eigenvalue weighted by molar-refractivity contribution is 7.87. The number of Topliss-reactive ketones (excluding diaryl/α,β-unsaturated/α-hetero) is 1. The maximum absolute atomic E-state index is 13.0. The molecule has 10 heteroatoms. The van der Waals surface area contributed by atoms with E-state index in [1.54, 1.807) is 0 Å². The smallest absolute Gasteiger partial charge is 0.379 e. The molecule has 0 radical (unpaired) electrons. The van der Waals surface area contributed by atoms with Crippen LogP contribution < -0.4 is 0 Å². The third-order valence-corrected chi connectivity index (χ3v) is 7.57. The zero-order valence-electron chi connectivity index (χ0n) is 13.8. The van der Waals surface area contributed by atoms with Crippen LogP contribution in [-0.4, -0.2) is 19.7 Å². The van der Waals surface area contributed by atoms with Crippen LogP contribution in [0.2, 0.25) is 0 Å². The number of ketones is 1.